The van der Waals surface area contributed by atoms with E-state index < -0.39 is 0 Å². The molecule has 0 aliphatic rings. The number of nitrogens with zero attached hydrogens (tertiary/aromatic N) is 1. The van der Waals surface area contributed by atoms with Crippen LogP contribution in [0.3, 0.4) is 0 Å². The number of aryl methyl sites for hydroxylation is 1. The van der Waals surface area contributed by atoms with E-state index in [2.05, 4.69) is 9.72 Å². The number of aromatic nitrogens is 1. The lowest BCUT2D eigenvalue weighted by Gasteiger charge is -2.02. The Labute approximate surface area is 90.7 Å². The monoisotopic (exact) mass is 222 g/mol. The first kappa shape index (κ1) is 9.92. The second-order valence-corrected chi connectivity index (χ2v) is 4.24. The molecular weight excluding hydrogens is 212 g/mol. The lowest BCUT2D eigenvalue weighted by atomic mass is 10.1. The van der Waals surface area contributed by atoms with E-state index in [9.17, 15) is 4.79 Å². The van der Waals surface area contributed by atoms with Gasteiger partial charge in [0.05, 0.1) is 22.9 Å². The molecule has 0 saturated heterocycles. The number of hydrogen-bond acceptors (Lipinski definition) is 5. The number of carbonyl (C=O) groups is 1. The van der Waals surface area contributed by atoms with Crippen molar-refractivity contribution in [2.75, 3.05) is 12.8 Å². The molecule has 2 N–H and O–H groups in total. The highest BCUT2D eigenvalue weighted by Crippen LogP contribution is 2.26. The van der Waals surface area contributed by atoms with E-state index in [0.29, 0.717) is 10.7 Å². The molecule has 1 heterocycles. The molecule has 0 radical (unpaired) electrons. The molecule has 0 saturated carbocycles. The van der Waals surface area contributed by atoms with Gasteiger partial charge in [-0.1, -0.05) is 11.3 Å². The average molecular weight is 222 g/mol. The Bertz CT molecular complexity index is 533. The number of thiazole rings is 1. The van der Waals surface area contributed by atoms with Crippen LogP contribution in [0.4, 0.5) is 5.13 Å². The Kier molecular flexibility index (Phi) is 2.32. The fourth-order valence-corrected chi connectivity index (χ4v) is 2.24. The van der Waals surface area contributed by atoms with Gasteiger partial charge in [-0.25, -0.2) is 9.78 Å². The minimum atomic E-state index is -0.346. The van der Waals surface area contributed by atoms with Crippen molar-refractivity contribution in [2.45, 2.75) is 6.92 Å². The van der Waals surface area contributed by atoms with Gasteiger partial charge in [0.2, 0.25) is 0 Å². The maximum Gasteiger partial charge on any atom is 0.338 e. The third kappa shape index (κ3) is 1.66. The second-order valence-electron chi connectivity index (χ2n) is 3.18. The van der Waals surface area contributed by atoms with Gasteiger partial charge in [0.25, 0.3) is 0 Å². The zero-order chi connectivity index (χ0) is 11.0. The lowest BCUT2D eigenvalue weighted by Crippen LogP contribution is -2.03. The summed E-state index contributed by atoms with van der Waals surface area (Å²) < 4.78 is 5.66. The quantitative estimate of drug-likeness (QED) is 0.749. The molecule has 0 bridgehead atoms. The fourth-order valence-electron chi connectivity index (χ4n) is 1.42. The van der Waals surface area contributed by atoms with E-state index in [0.717, 1.165) is 15.8 Å². The van der Waals surface area contributed by atoms with Gasteiger partial charge in [-0.15, -0.1) is 0 Å². The van der Waals surface area contributed by atoms with Gasteiger partial charge in [0.1, 0.15) is 0 Å². The van der Waals surface area contributed by atoms with Crippen LogP contribution in [0.5, 0.6) is 0 Å². The number of nitrogen functional groups attached to an aromatic ring is 1. The zero-order valence-electron chi connectivity index (χ0n) is 8.40. The summed E-state index contributed by atoms with van der Waals surface area (Å²) in [5, 5.41) is 0.506. The van der Waals surface area contributed by atoms with Crippen LogP contribution in [-0.4, -0.2) is 18.1 Å². The van der Waals surface area contributed by atoms with Crippen molar-refractivity contribution in [3.05, 3.63) is 23.3 Å². The van der Waals surface area contributed by atoms with Crippen molar-refractivity contribution in [1.29, 1.82) is 0 Å². The van der Waals surface area contributed by atoms with Gasteiger partial charge >= 0.3 is 5.97 Å². The molecule has 0 aliphatic heterocycles. The standard InChI is InChI=1S/C10H10N2O2S/c1-5-3-8-7(12-10(11)15-8)4-6(5)9(13)14-2/h3-4H,1-2H3,(H2,11,12). The largest absolute Gasteiger partial charge is 0.465 e. The highest BCUT2D eigenvalue weighted by Gasteiger charge is 2.12. The molecule has 4 nitrogen and oxygen atoms in total. The molecule has 0 spiro atoms. The second kappa shape index (κ2) is 3.51. The SMILES string of the molecule is COC(=O)c1cc2nc(N)sc2cc1C. The van der Waals surface area contributed by atoms with Crippen LogP contribution in [0, 0.1) is 6.92 Å². The normalized spacial score (nSPS) is 10.5. The molecule has 78 valence electrons. The third-order valence-corrected chi connectivity index (χ3v) is 3.00. The van der Waals surface area contributed by atoms with Crippen LogP contribution in [0.1, 0.15) is 15.9 Å². The number of methoxy groups -OCH3 is 1. The van der Waals surface area contributed by atoms with E-state index in [-0.39, 0.29) is 5.97 Å². The summed E-state index contributed by atoms with van der Waals surface area (Å²) in [7, 11) is 1.36. The Hall–Kier alpha value is -1.62. The Morgan fingerprint density at radius 2 is 2.27 bits per heavy atom. The van der Waals surface area contributed by atoms with Gasteiger partial charge < -0.3 is 10.5 Å². The summed E-state index contributed by atoms with van der Waals surface area (Å²) in [6, 6.07) is 3.61. The topological polar surface area (TPSA) is 65.2 Å². The Balaban J connectivity index is 2.66. The smallest absolute Gasteiger partial charge is 0.338 e. The first-order valence-electron chi connectivity index (χ1n) is 4.37. The molecule has 0 unspecified atom stereocenters. The molecule has 1 aromatic carbocycles. The first-order chi connectivity index (χ1) is 7.11. The van der Waals surface area contributed by atoms with Gasteiger partial charge in [0, 0.05) is 0 Å². The summed E-state index contributed by atoms with van der Waals surface area (Å²) in [5.74, 6) is -0.346. The van der Waals surface area contributed by atoms with Crippen LogP contribution in [0.25, 0.3) is 10.2 Å². The number of rotatable bonds is 1. The minimum absolute atomic E-state index is 0.346. The van der Waals surface area contributed by atoms with Crippen molar-refractivity contribution in [2.24, 2.45) is 0 Å². The van der Waals surface area contributed by atoms with E-state index >= 15 is 0 Å². The molecule has 0 aliphatic carbocycles. The number of anilines is 1. The lowest BCUT2D eigenvalue weighted by molar-refractivity contribution is 0.0600. The minimum Gasteiger partial charge on any atom is -0.465 e. The number of carbonyl (C=O) groups excluding carboxylic acids is 1. The first-order valence-corrected chi connectivity index (χ1v) is 5.18. The maximum absolute atomic E-state index is 11.4. The van der Waals surface area contributed by atoms with Crippen LogP contribution < -0.4 is 5.73 Å². The van der Waals surface area contributed by atoms with Crippen molar-refractivity contribution in [3.8, 4) is 0 Å². The Morgan fingerprint density at radius 1 is 1.53 bits per heavy atom. The number of nitrogens with two attached hydrogens (primary N) is 1. The Morgan fingerprint density at radius 3 is 2.93 bits per heavy atom. The summed E-state index contributed by atoms with van der Waals surface area (Å²) in [6.45, 7) is 1.86. The predicted octanol–water partition coefficient (Wildman–Crippen LogP) is 1.97. The third-order valence-electron chi connectivity index (χ3n) is 2.16. The number of ether oxygens (including phenoxy) is 1. The van der Waals surface area contributed by atoms with E-state index in [1.54, 1.807) is 6.07 Å². The molecule has 0 atom stereocenters. The van der Waals surface area contributed by atoms with Gasteiger partial charge in [-0.3, -0.25) is 0 Å². The molecular formula is C10H10N2O2S. The van der Waals surface area contributed by atoms with Crippen LogP contribution >= 0.6 is 11.3 Å². The van der Waals surface area contributed by atoms with E-state index in [1.165, 1.54) is 18.4 Å². The number of esters is 1. The van der Waals surface area contributed by atoms with Crippen molar-refractivity contribution >= 4 is 32.7 Å². The number of hydrogen-bond donors (Lipinski definition) is 1. The molecule has 1 aromatic heterocycles. The summed E-state index contributed by atoms with van der Waals surface area (Å²) in [6.07, 6.45) is 0. The van der Waals surface area contributed by atoms with Gasteiger partial charge in [-0.2, -0.15) is 0 Å². The van der Waals surface area contributed by atoms with E-state index in [4.69, 9.17) is 5.73 Å². The fraction of sp³-hybridized carbons (Fsp3) is 0.200. The maximum atomic E-state index is 11.4. The highest BCUT2D eigenvalue weighted by atomic mass is 32.1. The van der Waals surface area contributed by atoms with Crippen LogP contribution in [0.15, 0.2) is 12.1 Å². The number of fused-ring (bicyclic) bond motifs is 1. The average Bonchev–Trinajstić information content (AvgIpc) is 2.55. The van der Waals surface area contributed by atoms with Crippen LogP contribution in [0.2, 0.25) is 0 Å². The van der Waals surface area contributed by atoms with E-state index in [1.807, 2.05) is 13.0 Å². The summed E-state index contributed by atoms with van der Waals surface area (Å²) in [5.41, 5.74) is 7.74. The molecule has 0 fully saturated rings. The molecule has 0 amide bonds. The molecule has 2 aromatic rings. The zero-order valence-corrected chi connectivity index (χ0v) is 9.22. The van der Waals surface area contributed by atoms with Crippen molar-refractivity contribution < 1.29 is 9.53 Å². The number of benzene rings is 1. The molecule has 15 heavy (non-hydrogen) atoms. The molecule has 5 heteroatoms. The summed E-state index contributed by atoms with van der Waals surface area (Å²) >= 11 is 1.41. The molecule has 2 rings (SSSR count). The van der Waals surface area contributed by atoms with Crippen molar-refractivity contribution in [3.63, 3.8) is 0 Å². The van der Waals surface area contributed by atoms with Crippen molar-refractivity contribution in [1.82, 2.24) is 4.98 Å². The summed E-state index contributed by atoms with van der Waals surface area (Å²) in [4.78, 5) is 15.5. The predicted molar refractivity (Wildman–Crippen MR) is 60.1 cm³/mol. The highest BCUT2D eigenvalue weighted by molar-refractivity contribution is 7.22. The van der Waals surface area contributed by atoms with Gasteiger partial charge in [0.15, 0.2) is 5.13 Å². The van der Waals surface area contributed by atoms with Crippen LogP contribution in [-0.2, 0) is 4.74 Å². The van der Waals surface area contributed by atoms with Gasteiger partial charge in [-0.05, 0) is 24.6 Å².